The van der Waals surface area contributed by atoms with Crippen LogP contribution in [0.3, 0.4) is 0 Å². The van der Waals surface area contributed by atoms with Gasteiger partial charge in [0, 0.05) is 23.6 Å². The SMILES string of the molecule is Cc1nc(SCc2ccc(F)cc2)[nH]c(=O)c1CC(=O)NCC(C)C. The number of rotatable bonds is 7. The average molecular weight is 363 g/mol. The molecule has 1 heterocycles. The van der Waals surface area contributed by atoms with Gasteiger partial charge < -0.3 is 10.3 Å². The maximum absolute atomic E-state index is 12.9. The zero-order valence-electron chi connectivity index (χ0n) is 14.6. The Morgan fingerprint density at radius 1 is 1.32 bits per heavy atom. The summed E-state index contributed by atoms with van der Waals surface area (Å²) in [6.07, 6.45) is 0.0177. The molecule has 5 nitrogen and oxygen atoms in total. The summed E-state index contributed by atoms with van der Waals surface area (Å²) in [5.41, 5.74) is 1.56. The fraction of sp³-hybridized carbons (Fsp3) is 0.389. The predicted octanol–water partition coefficient (Wildman–Crippen LogP) is 2.82. The molecule has 2 aromatic rings. The van der Waals surface area contributed by atoms with E-state index in [0.717, 1.165) is 5.56 Å². The Kier molecular flexibility index (Phi) is 6.75. The van der Waals surface area contributed by atoms with Crippen molar-refractivity contribution in [3.05, 3.63) is 57.3 Å². The molecule has 25 heavy (non-hydrogen) atoms. The molecule has 0 bridgehead atoms. The number of halogens is 1. The highest BCUT2D eigenvalue weighted by molar-refractivity contribution is 7.98. The van der Waals surface area contributed by atoms with E-state index in [9.17, 15) is 14.0 Å². The van der Waals surface area contributed by atoms with Crippen LogP contribution in [-0.2, 0) is 17.0 Å². The summed E-state index contributed by atoms with van der Waals surface area (Å²) < 4.78 is 12.9. The minimum absolute atomic E-state index is 0.0177. The van der Waals surface area contributed by atoms with Crippen molar-refractivity contribution < 1.29 is 9.18 Å². The van der Waals surface area contributed by atoms with Gasteiger partial charge in [-0.05, 0) is 30.5 Å². The van der Waals surface area contributed by atoms with Crippen molar-refractivity contribution >= 4 is 17.7 Å². The average Bonchev–Trinajstić information content (AvgIpc) is 2.56. The molecule has 0 saturated carbocycles. The highest BCUT2D eigenvalue weighted by atomic mass is 32.2. The van der Waals surface area contributed by atoms with Crippen LogP contribution >= 0.6 is 11.8 Å². The van der Waals surface area contributed by atoms with Crippen molar-refractivity contribution in [2.75, 3.05) is 6.54 Å². The molecule has 0 aliphatic heterocycles. The first-order valence-corrected chi connectivity index (χ1v) is 9.07. The third-order valence-corrected chi connectivity index (χ3v) is 4.48. The summed E-state index contributed by atoms with van der Waals surface area (Å²) >= 11 is 1.36. The van der Waals surface area contributed by atoms with Crippen molar-refractivity contribution in [2.24, 2.45) is 5.92 Å². The van der Waals surface area contributed by atoms with Gasteiger partial charge in [-0.3, -0.25) is 9.59 Å². The standard InChI is InChI=1S/C18H22FN3O2S/c1-11(2)9-20-16(23)8-15-12(3)21-18(22-17(15)24)25-10-13-4-6-14(19)7-5-13/h4-7,11H,8-10H2,1-3H3,(H,20,23)(H,21,22,24). The van der Waals surface area contributed by atoms with E-state index < -0.39 is 0 Å². The molecule has 0 radical (unpaired) electrons. The second kappa shape index (κ2) is 8.80. The van der Waals surface area contributed by atoms with Gasteiger partial charge in [0.1, 0.15) is 5.82 Å². The largest absolute Gasteiger partial charge is 0.356 e. The highest BCUT2D eigenvalue weighted by Gasteiger charge is 2.13. The number of carbonyl (C=O) groups is 1. The van der Waals surface area contributed by atoms with Crippen LogP contribution in [0.5, 0.6) is 0 Å². The number of carbonyl (C=O) groups excluding carboxylic acids is 1. The lowest BCUT2D eigenvalue weighted by Crippen LogP contribution is -2.31. The maximum Gasteiger partial charge on any atom is 0.255 e. The molecule has 2 rings (SSSR count). The van der Waals surface area contributed by atoms with Crippen molar-refractivity contribution in [3.8, 4) is 0 Å². The molecule has 1 amide bonds. The van der Waals surface area contributed by atoms with E-state index in [1.54, 1.807) is 19.1 Å². The number of benzene rings is 1. The molecule has 0 saturated heterocycles. The fourth-order valence-electron chi connectivity index (χ4n) is 2.13. The summed E-state index contributed by atoms with van der Waals surface area (Å²) in [5.74, 6) is 0.454. The van der Waals surface area contributed by atoms with Crippen LogP contribution in [0, 0.1) is 18.7 Å². The summed E-state index contributed by atoms with van der Waals surface area (Å²) in [4.78, 5) is 31.2. The molecule has 1 aromatic heterocycles. The van der Waals surface area contributed by atoms with Gasteiger partial charge in [-0.15, -0.1) is 0 Å². The molecule has 0 unspecified atom stereocenters. The van der Waals surface area contributed by atoms with E-state index in [4.69, 9.17) is 0 Å². The lowest BCUT2D eigenvalue weighted by Gasteiger charge is -2.09. The smallest absolute Gasteiger partial charge is 0.255 e. The van der Waals surface area contributed by atoms with Gasteiger partial charge in [-0.1, -0.05) is 37.7 Å². The van der Waals surface area contributed by atoms with E-state index in [0.29, 0.717) is 34.6 Å². The summed E-state index contributed by atoms with van der Waals surface area (Å²) in [5, 5.41) is 3.28. The Balaban J connectivity index is 2.02. The van der Waals surface area contributed by atoms with Gasteiger partial charge in [-0.2, -0.15) is 0 Å². The number of aryl methyl sites for hydroxylation is 1. The molecule has 0 aliphatic carbocycles. The molecule has 7 heteroatoms. The number of hydrogen-bond donors (Lipinski definition) is 2. The number of nitrogens with zero attached hydrogens (tertiary/aromatic N) is 1. The summed E-state index contributed by atoms with van der Waals surface area (Å²) in [6, 6.07) is 6.19. The van der Waals surface area contributed by atoms with Crippen molar-refractivity contribution in [1.82, 2.24) is 15.3 Å². The van der Waals surface area contributed by atoms with Crippen LogP contribution in [0.25, 0.3) is 0 Å². The number of amides is 1. The van der Waals surface area contributed by atoms with Gasteiger partial charge in [-0.25, -0.2) is 9.37 Å². The lowest BCUT2D eigenvalue weighted by atomic mass is 10.1. The second-order valence-corrected chi connectivity index (χ2v) is 7.19. The molecule has 2 N–H and O–H groups in total. The Morgan fingerprint density at radius 3 is 2.60 bits per heavy atom. The van der Waals surface area contributed by atoms with Crippen LogP contribution in [0.1, 0.15) is 30.7 Å². The Labute approximate surface area is 150 Å². The van der Waals surface area contributed by atoms with E-state index >= 15 is 0 Å². The lowest BCUT2D eigenvalue weighted by molar-refractivity contribution is -0.120. The van der Waals surface area contributed by atoms with Crippen LogP contribution < -0.4 is 10.9 Å². The topological polar surface area (TPSA) is 74.8 Å². The zero-order valence-corrected chi connectivity index (χ0v) is 15.4. The van der Waals surface area contributed by atoms with Gasteiger partial charge in [0.05, 0.1) is 6.42 Å². The van der Waals surface area contributed by atoms with Crippen LogP contribution in [0.4, 0.5) is 4.39 Å². The Bertz CT molecular complexity index is 788. The van der Waals surface area contributed by atoms with Gasteiger partial charge in [0.2, 0.25) is 5.91 Å². The molecule has 0 aliphatic rings. The number of nitrogens with one attached hydrogen (secondary N) is 2. The predicted molar refractivity (Wildman–Crippen MR) is 97.1 cm³/mol. The highest BCUT2D eigenvalue weighted by Crippen LogP contribution is 2.19. The zero-order chi connectivity index (χ0) is 18.4. The van der Waals surface area contributed by atoms with Crippen molar-refractivity contribution in [3.63, 3.8) is 0 Å². The van der Waals surface area contributed by atoms with Crippen LogP contribution in [0.2, 0.25) is 0 Å². The second-order valence-electron chi connectivity index (χ2n) is 6.22. The first kappa shape index (κ1) is 19.2. The number of aromatic nitrogens is 2. The number of aromatic amines is 1. The molecular weight excluding hydrogens is 341 g/mol. The Morgan fingerprint density at radius 2 is 2.00 bits per heavy atom. The molecule has 0 fully saturated rings. The first-order valence-electron chi connectivity index (χ1n) is 8.09. The molecule has 0 atom stereocenters. The molecular formula is C18H22FN3O2S. The molecule has 0 spiro atoms. The minimum atomic E-state index is -0.297. The van der Waals surface area contributed by atoms with E-state index in [2.05, 4.69) is 15.3 Å². The van der Waals surface area contributed by atoms with Crippen molar-refractivity contribution in [1.29, 1.82) is 0 Å². The van der Waals surface area contributed by atoms with E-state index in [1.807, 2.05) is 13.8 Å². The quantitative estimate of drug-likeness (QED) is 0.586. The van der Waals surface area contributed by atoms with Gasteiger partial charge in [0.25, 0.3) is 5.56 Å². The summed E-state index contributed by atoms with van der Waals surface area (Å²) in [7, 11) is 0. The summed E-state index contributed by atoms with van der Waals surface area (Å²) in [6.45, 7) is 6.32. The number of thioether (sulfide) groups is 1. The Hall–Kier alpha value is -2.15. The van der Waals surface area contributed by atoms with E-state index in [-0.39, 0.29) is 23.7 Å². The normalized spacial score (nSPS) is 10.9. The third kappa shape index (κ3) is 6.01. The van der Waals surface area contributed by atoms with Crippen LogP contribution in [-0.4, -0.2) is 22.4 Å². The van der Waals surface area contributed by atoms with Gasteiger partial charge in [0.15, 0.2) is 5.16 Å². The van der Waals surface area contributed by atoms with Gasteiger partial charge >= 0.3 is 0 Å². The number of hydrogen-bond acceptors (Lipinski definition) is 4. The number of H-pyrrole nitrogens is 1. The minimum Gasteiger partial charge on any atom is -0.356 e. The van der Waals surface area contributed by atoms with E-state index in [1.165, 1.54) is 23.9 Å². The fourth-order valence-corrected chi connectivity index (χ4v) is 3.00. The third-order valence-electron chi connectivity index (χ3n) is 3.53. The van der Waals surface area contributed by atoms with Crippen molar-refractivity contribution in [2.45, 2.75) is 38.1 Å². The molecule has 134 valence electrons. The van der Waals surface area contributed by atoms with Crippen LogP contribution in [0.15, 0.2) is 34.2 Å². The first-order chi connectivity index (χ1) is 11.8. The maximum atomic E-state index is 12.9. The molecule has 1 aromatic carbocycles. The monoisotopic (exact) mass is 363 g/mol.